The lowest BCUT2D eigenvalue weighted by Gasteiger charge is -1.96. The second-order valence-corrected chi connectivity index (χ2v) is 3.09. The SMILES string of the molecule is c1c[nH]c2c3ncccc3cc-2c1. The first-order chi connectivity index (χ1) is 6.45. The van der Waals surface area contributed by atoms with Crippen LogP contribution in [-0.4, -0.2) is 9.97 Å². The van der Waals surface area contributed by atoms with E-state index in [0.29, 0.717) is 0 Å². The molecular weight excluding hydrogens is 160 g/mol. The quantitative estimate of drug-likeness (QED) is 0.549. The molecule has 2 heterocycles. The van der Waals surface area contributed by atoms with Crippen LogP contribution in [0.4, 0.5) is 0 Å². The minimum absolute atomic E-state index is 1.05. The van der Waals surface area contributed by atoms with E-state index >= 15 is 0 Å². The zero-order valence-electron chi connectivity index (χ0n) is 6.99. The van der Waals surface area contributed by atoms with Gasteiger partial charge in [0.15, 0.2) is 0 Å². The monoisotopic (exact) mass is 168 g/mol. The summed E-state index contributed by atoms with van der Waals surface area (Å²) in [6, 6.07) is 10.3. The summed E-state index contributed by atoms with van der Waals surface area (Å²) in [6.07, 6.45) is 3.75. The van der Waals surface area contributed by atoms with Gasteiger partial charge in [0.1, 0.15) is 0 Å². The molecule has 1 aromatic heterocycles. The highest BCUT2D eigenvalue weighted by Crippen LogP contribution is 2.29. The molecular formula is C11H8N2. The summed E-state index contributed by atoms with van der Waals surface area (Å²) >= 11 is 0. The van der Waals surface area contributed by atoms with Gasteiger partial charge in [0.2, 0.25) is 0 Å². The standard InChI is InChI=1S/C11H8N2/c1-3-8-7-9-4-2-6-13-11(9)10(8)12-5-1/h1-7,12H. The molecule has 0 aromatic carbocycles. The number of rotatable bonds is 0. The van der Waals surface area contributed by atoms with E-state index in [0.717, 1.165) is 11.2 Å². The van der Waals surface area contributed by atoms with Crippen LogP contribution in [0.1, 0.15) is 0 Å². The first-order valence-corrected chi connectivity index (χ1v) is 4.26. The van der Waals surface area contributed by atoms with E-state index in [4.69, 9.17) is 0 Å². The first kappa shape index (κ1) is 6.66. The molecule has 0 spiro atoms. The van der Waals surface area contributed by atoms with Crippen molar-refractivity contribution >= 4 is 10.9 Å². The number of nitrogens with zero attached hydrogens (tertiary/aromatic N) is 1. The van der Waals surface area contributed by atoms with Crippen LogP contribution in [0.3, 0.4) is 0 Å². The van der Waals surface area contributed by atoms with Crippen LogP contribution in [0.15, 0.2) is 42.7 Å². The number of aromatic amines is 1. The highest BCUT2D eigenvalue weighted by molar-refractivity contribution is 5.97. The molecule has 13 heavy (non-hydrogen) atoms. The van der Waals surface area contributed by atoms with Gasteiger partial charge in [-0.3, -0.25) is 4.98 Å². The molecule has 0 bridgehead atoms. The largest absolute Gasteiger partial charge is 0.359 e. The fourth-order valence-corrected chi connectivity index (χ4v) is 1.69. The summed E-state index contributed by atoms with van der Waals surface area (Å²) in [5, 5.41) is 1.19. The number of aromatic nitrogens is 2. The summed E-state index contributed by atoms with van der Waals surface area (Å²) in [5.74, 6) is 0. The molecule has 1 aliphatic carbocycles. The van der Waals surface area contributed by atoms with Crippen LogP contribution in [0.5, 0.6) is 0 Å². The number of pyridine rings is 2. The Morgan fingerprint density at radius 2 is 2.15 bits per heavy atom. The predicted octanol–water partition coefficient (Wildman–Crippen LogP) is 2.67. The van der Waals surface area contributed by atoms with Crippen LogP contribution < -0.4 is 0 Å². The van der Waals surface area contributed by atoms with Crippen molar-refractivity contribution in [3.63, 3.8) is 0 Å². The molecule has 0 fully saturated rings. The van der Waals surface area contributed by atoms with Gasteiger partial charge in [0.05, 0.1) is 11.2 Å². The Labute approximate surface area is 75.6 Å². The van der Waals surface area contributed by atoms with Crippen molar-refractivity contribution in [3.8, 4) is 11.3 Å². The lowest BCUT2D eigenvalue weighted by molar-refractivity contribution is 1.32. The predicted molar refractivity (Wildman–Crippen MR) is 52.7 cm³/mol. The van der Waals surface area contributed by atoms with Gasteiger partial charge in [-0.15, -0.1) is 0 Å². The first-order valence-electron chi connectivity index (χ1n) is 4.26. The normalized spacial score (nSPS) is 11.1. The maximum absolute atomic E-state index is 4.34. The van der Waals surface area contributed by atoms with Crippen LogP contribution >= 0.6 is 0 Å². The third-order valence-electron chi connectivity index (χ3n) is 2.28. The molecule has 1 aliphatic heterocycles. The maximum atomic E-state index is 4.34. The molecule has 1 aromatic rings. The Kier molecular flexibility index (Phi) is 1.19. The molecule has 2 nitrogen and oxygen atoms in total. The van der Waals surface area contributed by atoms with Crippen LogP contribution in [0.2, 0.25) is 0 Å². The number of fused-ring (bicyclic) bond motifs is 3. The van der Waals surface area contributed by atoms with Gasteiger partial charge in [-0.05, 0) is 18.2 Å². The van der Waals surface area contributed by atoms with Gasteiger partial charge >= 0.3 is 0 Å². The van der Waals surface area contributed by atoms with E-state index in [9.17, 15) is 0 Å². The van der Waals surface area contributed by atoms with Gasteiger partial charge in [0, 0.05) is 23.3 Å². The molecule has 0 unspecified atom stereocenters. The average molecular weight is 168 g/mol. The molecule has 2 heteroatoms. The number of H-pyrrole nitrogens is 1. The van der Waals surface area contributed by atoms with Gasteiger partial charge in [-0.1, -0.05) is 12.1 Å². The fourth-order valence-electron chi connectivity index (χ4n) is 1.69. The summed E-state index contributed by atoms with van der Waals surface area (Å²) < 4.78 is 0. The van der Waals surface area contributed by atoms with Crippen molar-refractivity contribution in [3.05, 3.63) is 42.7 Å². The topological polar surface area (TPSA) is 28.7 Å². The lowest BCUT2D eigenvalue weighted by atomic mass is 10.2. The van der Waals surface area contributed by atoms with Gasteiger partial charge < -0.3 is 4.98 Å². The van der Waals surface area contributed by atoms with Crippen molar-refractivity contribution in [2.75, 3.05) is 0 Å². The smallest absolute Gasteiger partial charge is 0.0942 e. The highest BCUT2D eigenvalue weighted by atomic mass is 14.7. The molecule has 62 valence electrons. The van der Waals surface area contributed by atoms with Gasteiger partial charge in [-0.25, -0.2) is 0 Å². The highest BCUT2D eigenvalue weighted by Gasteiger charge is 2.08. The lowest BCUT2D eigenvalue weighted by Crippen LogP contribution is -1.79. The van der Waals surface area contributed by atoms with E-state index in [2.05, 4.69) is 28.2 Å². The molecule has 2 aliphatic rings. The van der Waals surface area contributed by atoms with Crippen molar-refractivity contribution in [2.45, 2.75) is 0 Å². The van der Waals surface area contributed by atoms with Crippen LogP contribution in [0, 0.1) is 0 Å². The van der Waals surface area contributed by atoms with Crippen molar-refractivity contribution in [1.29, 1.82) is 0 Å². The molecule has 0 radical (unpaired) electrons. The Morgan fingerprint density at radius 1 is 1.15 bits per heavy atom. The third kappa shape index (κ3) is 0.855. The summed E-state index contributed by atoms with van der Waals surface area (Å²) in [6.45, 7) is 0. The molecule has 3 rings (SSSR count). The van der Waals surface area contributed by atoms with Gasteiger partial charge in [0.25, 0.3) is 0 Å². The maximum Gasteiger partial charge on any atom is 0.0942 e. The molecule has 0 atom stereocenters. The Balaban J connectivity index is 2.56. The Morgan fingerprint density at radius 3 is 3.15 bits per heavy atom. The van der Waals surface area contributed by atoms with Crippen molar-refractivity contribution in [1.82, 2.24) is 9.97 Å². The number of hydrogen-bond donors (Lipinski definition) is 1. The fraction of sp³-hybridized carbons (Fsp3) is 0. The number of nitrogens with one attached hydrogen (secondary N) is 1. The average Bonchev–Trinajstić information content (AvgIpc) is 2.56. The van der Waals surface area contributed by atoms with Crippen molar-refractivity contribution in [2.24, 2.45) is 0 Å². The number of hydrogen-bond acceptors (Lipinski definition) is 1. The molecule has 1 N–H and O–H groups in total. The summed E-state index contributed by atoms with van der Waals surface area (Å²) in [4.78, 5) is 7.55. The van der Waals surface area contributed by atoms with E-state index in [-0.39, 0.29) is 0 Å². The third-order valence-corrected chi connectivity index (χ3v) is 2.28. The molecule has 0 saturated heterocycles. The molecule has 0 amide bonds. The van der Waals surface area contributed by atoms with E-state index < -0.39 is 0 Å². The zero-order valence-corrected chi connectivity index (χ0v) is 6.99. The minimum Gasteiger partial charge on any atom is -0.359 e. The zero-order chi connectivity index (χ0) is 8.67. The summed E-state index contributed by atoms with van der Waals surface area (Å²) in [5.41, 5.74) is 3.40. The van der Waals surface area contributed by atoms with E-state index in [1.165, 1.54) is 10.9 Å². The van der Waals surface area contributed by atoms with E-state index in [1.54, 1.807) is 0 Å². The minimum atomic E-state index is 1.05. The second kappa shape index (κ2) is 2.33. The molecule has 0 saturated carbocycles. The second-order valence-electron chi connectivity index (χ2n) is 3.09. The van der Waals surface area contributed by atoms with Crippen molar-refractivity contribution < 1.29 is 0 Å². The van der Waals surface area contributed by atoms with Crippen LogP contribution in [0.25, 0.3) is 22.2 Å². The van der Waals surface area contributed by atoms with Crippen LogP contribution in [-0.2, 0) is 0 Å². The van der Waals surface area contributed by atoms with E-state index in [1.807, 2.05) is 24.5 Å². The summed E-state index contributed by atoms with van der Waals surface area (Å²) in [7, 11) is 0. The Hall–Kier alpha value is -1.83. The Bertz CT molecular complexity index is 525. The van der Waals surface area contributed by atoms with Gasteiger partial charge in [-0.2, -0.15) is 0 Å².